The van der Waals surface area contributed by atoms with Crippen LogP contribution in [0.25, 0.3) is 0 Å². The minimum atomic E-state index is 0.248. The van der Waals surface area contributed by atoms with Gasteiger partial charge in [0.05, 0.1) is 12.7 Å². The van der Waals surface area contributed by atoms with E-state index < -0.39 is 0 Å². The van der Waals surface area contributed by atoms with E-state index in [2.05, 4.69) is 11.0 Å². The number of halogens is 1. The van der Waals surface area contributed by atoms with E-state index >= 15 is 0 Å². The zero-order valence-electron chi connectivity index (χ0n) is 9.23. The van der Waals surface area contributed by atoms with Crippen LogP contribution >= 0.6 is 11.6 Å². The topological polar surface area (TPSA) is 38.5 Å². The van der Waals surface area contributed by atoms with E-state index in [-0.39, 0.29) is 6.10 Å². The molecular formula is C12H17ClN2O. The summed E-state index contributed by atoms with van der Waals surface area (Å²) in [7, 11) is 0. The van der Waals surface area contributed by atoms with Crippen molar-refractivity contribution in [3.8, 4) is 0 Å². The number of hydrogen-bond donors (Lipinski definition) is 1. The van der Waals surface area contributed by atoms with E-state index in [4.69, 9.17) is 22.1 Å². The Morgan fingerprint density at radius 2 is 2.38 bits per heavy atom. The zero-order chi connectivity index (χ0) is 11.4. The quantitative estimate of drug-likeness (QED) is 0.877. The Morgan fingerprint density at radius 3 is 3.12 bits per heavy atom. The molecule has 1 aliphatic heterocycles. The van der Waals surface area contributed by atoms with Gasteiger partial charge in [-0.1, -0.05) is 17.7 Å². The molecule has 2 rings (SSSR count). The number of morpholine rings is 1. The molecule has 1 heterocycles. The number of benzene rings is 1. The van der Waals surface area contributed by atoms with Gasteiger partial charge < -0.3 is 15.4 Å². The highest BCUT2D eigenvalue weighted by Crippen LogP contribution is 2.22. The molecule has 1 fully saturated rings. The fourth-order valence-corrected chi connectivity index (χ4v) is 2.17. The zero-order valence-corrected chi connectivity index (χ0v) is 9.99. The number of hydrogen-bond acceptors (Lipinski definition) is 3. The average molecular weight is 241 g/mol. The fourth-order valence-electron chi connectivity index (χ4n) is 1.99. The van der Waals surface area contributed by atoms with Crippen molar-refractivity contribution in [2.45, 2.75) is 12.5 Å². The maximum atomic E-state index is 5.98. The van der Waals surface area contributed by atoms with Crippen molar-refractivity contribution in [1.82, 2.24) is 0 Å². The van der Waals surface area contributed by atoms with Crippen LogP contribution in [-0.4, -0.2) is 32.3 Å². The van der Waals surface area contributed by atoms with Crippen molar-refractivity contribution >= 4 is 17.3 Å². The molecule has 0 aliphatic carbocycles. The van der Waals surface area contributed by atoms with E-state index in [0.29, 0.717) is 6.54 Å². The number of nitrogens with zero attached hydrogens (tertiary/aromatic N) is 1. The summed E-state index contributed by atoms with van der Waals surface area (Å²) in [4.78, 5) is 2.30. The third-order valence-electron chi connectivity index (χ3n) is 2.80. The Balaban J connectivity index is 2.03. The molecule has 1 atom stereocenters. The highest BCUT2D eigenvalue weighted by atomic mass is 35.5. The molecule has 0 aromatic heterocycles. The maximum Gasteiger partial charge on any atom is 0.0762 e. The molecule has 1 aromatic rings. The van der Waals surface area contributed by atoms with E-state index in [1.165, 1.54) is 0 Å². The molecule has 0 saturated carbocycles. The summed E-state index contributed by atoms with van der Waals surface area (Å²) in [5, 5.41) is 0.777. The SMILES string of the molecule is NCCC1CN(c2cccc(Cl)c2)CCO1. The monoisotopic (exact) mass is 240 g/mol. The van der Waals surface area contributed by atoms with Crippen molar-refractivity contribution in [3.05, 3.63) is 29.3 Å². The molecular weight excluding hydrogens is 224 g/mol. The summed E-state index contributed by atoms with van der Waals surface area (Å²) in [6, 6.07) is 7.94. The Hall–Kier alpha value is -0.770. The molecule has 0 spiro atoms. The second kappa shape index (κ2) is 5.53. The molecule has 88 valence electrons. The number of anilines is 1. The largest absolute Gasteiger partial charge is 0.374 e. The van der Waals surface area contributed by atoms with Crippen LogP contribution in [0.4, 0.5) is 5.69 Å². The van der Waals surface area contributed by atoms with E-state index in [9.17, 15) is 0 Å². The lowest BCUT2D eigenvalue weighted by Crippen LogP contribution is -2.43. The van der Waals surface area contributed by atoms with Crippen molar-refractivity contribution in [3.63, 3.8) is 0 Å². The Labute approximate surface area is 101 Å². The van der Waals surface area contributed by atoms with Gasteiger partial charge in [-0.25, -0.2) is 0 Å². The highest BCUT2D eigenvalue weighted by Gasteiger charge is 2.19. The Morgan fingerprint density at radius 1 is 1.50 bits per heavy atom. The van der Waals surface area contributed by atoms with Gasteiger partial charge in [-0.2, -0.15) is 0 Å². The maximum absolute atomic E-state index is 5.98. The van der Waals surface area contributed by atoms with Gasteiger partial charge >= 0.3 is 0 Å². The van der Waals surface area contributed by atoms with Crippen molar-refractivity contribution < 1.29 is 4.74 Å². The predicted molar refractivity (Wildman–Crippen MR) is 67.1 cm³/mol. The van der Waals surface area contributed by atoms with Gasteiger partial charge in [0.15, 0.2) is 0 Å². The second-order valence-corrected chi connectivity index (χ2v) is 4.43. The average Bonchev–Trinajstić information content (AvgIpc) is 2.30. The number of ether oxygens (including phenoxy) is 1. The number of rotatable bonds is 3. The van der Waals surface area contributed by atoms with E-state index in [1.807, 2.05) is 18.2 Å². The van der Waals surface area contributed by atoms with Crippen LogP contribution < -0.4 is 10.6 Å². The molecule has 1 saturated heterocycles. The normalized spacial score (nSPS) is 21.1. The summed E-state index contributed by atoms with van der Waals surface area (Å²) < 4.78 is 5.65. The van der Waals surface area contributed by atoms with Crippen LogP contribution in [0.3, 0.4) is 0 Å². The first-order valence-electron chi connectivity index (χ1n) is 5.62. The van der Waals surface area contributed by atoms with Gasteiger partial charge in [0.2, 0.25) is 0 Å². The van der Waals surface area contributed by atoms with Crippen LogP contribution in [0.5, 0.6) is 0 Å². The molecule has 0 radical (unpaired) electrons. The van der Waals surface area contributed by atoms with Crippen LogP contribution in [0.1, 0.15) is 6.42 Å². The second-order valence-electron chi connectivity index (χ2n) is 4.00. The smallest absolute Gasteiger partial charge is 0.0762 e. The molecule has 1 aliphatic rings. The molecule has 1 unspecified atom stereocenters. The fraction of sp³-hybridized carbons (Fsp3) is 0.500. The summed E-state index contributed by atoms with van der Waals surface area (Å²) in [6.07, 6.45) is 1.16. The predicted octanol–water partition coefficient (Wildman–Crippen LogP) is 1.89. The molecule has 1 aromatic carbocycles. The summed E-state index contributed by atoms with van der Waals surface area (Å²) in [5.41, 5.74) is 6.71. The standard InChI is InChI=1S/C12H17ClN2O/c13-10-2-1-3-11(8-10)15-6-7-16-12(9-15)4-5-14/h1-3,8,12H,4-7,9,14H2. The molecule has 3 nitrogen and oxygen atoms in total. The molecule has 16 heavy (non-hydrogen) atoms. The first-order chi connectivity index (χ1) is 7.79. The van der Waals surface area contributed by atoms with Crippen LogP contribution in [0.2, 0.25) is 5.02 Å². The molecule has 4 heteroatoms. The molecule has 0 bridgehead atoms. The van der Waals surface area contributed by atoms with E-state index in [1.54, 1.807) is 0 Å². The highest BCUT2D eigenvalue weighted by molar-refractivity contribution is 6.30. The minimum absolute atomic E-state index is 0.248. The van der Waals surface area contributed by atoms with Gasteiger partial charge in [-0.05, 0) is 31.2 Å². The molecule has 2 N–H and O–H groups in total. The lowest BCUT2D eigenvalue weighted by Gasteiger charge is -2.34. The van der Waals surface area contributed by atoms with E-state index in [0.717, 1.165) is 36.8 Å². The summed E-state index contributed by atoms with van der Waals surface area (Å²) in [6.45, 7) is 3.25. The van der Waals surface area contributed by atoms with Crippen molar-refractivity contribution in [1.29, 1.82) is 0 Å². The van der Waals surface area contributed by atoms with Gasteiger partial charge in [0, 0.05) is 23.8 Å². The van der Waals surface area contributed by atoms with Gasteiger partial charge in [-0.15, -0.1) is 0 Å². The number of nitrogens with two attached hydrogens (primary N) is 1. The van der Waals surface area contributed by atoms with Crippen molar-refractivity contribution in [2.75, 3.05) is 31.1 Å². The minimum Gasteiger partial charge on any atom is -0.374 e. The van der Waals surface area contributed by atoms with Gasteiger partial charge in [0.1, 0.15) is 0 Å². The Kier molecular flexibility index (Phi) is 4.04. The van der Waals surface area contributed by atoms with Crippen LogP contribution in [0, 0.1) is 0 Å². The lowest BCUT2D eigenvalue weighted by molar-refractivity contribution is 0.0369. The van der Waals surface area contributed by atoms with Crippen LogP contribution in [-0.2, 0) is 4.74 Å². The first-order valence-corrected chi connectivity index (χ1v) is 5.99. The Bertz CT molecular complexity index is 344. The lowest BCUT2D eigenvalue weighted by atomic mass is 10.2. The third kappa shape index (κ3) is 2.88. The molecule has 0 amide bonds. The van der Waals surface area contributed by atoms with Gasteiger partial charge in [0.25, 0.3) is 0 Å². The summed E-state index contributed by atoms with van der Waals surface area (Å²) >= 11 is 5.98. The van der Waals surface area contributed by atoms with Gasteiger partial charge in [-0.3, -0.25) is 0 Å². The first kappa shape index (κ1) is 11.7. The third-order valence-corrected chi connectivity index (χ3v) is 3.04. The van der Waals surface area contributed by atoms with Crippen LogP contribution in [0.15, 0.2) is 24.3 Å². The summed E-state index contributed by atoms with van der Waals surface area (Å²) in [5.74, 6) is 0. The van der Waals surface area contributed by atoms with Crippen molar-refractivity contribution in [2.24, 2.45) is 5.73 Å².